The Labute approximate surface area is 141 Å². The van der Waals surface area contributed by atoms with E-state index in [1.165, 1.54) is 6.42 Å². The normalized spacial score (nSPS) is 19.2. The van der Waals surface area contributed by atoms with Crippen LogP contribution in [-0.2, 0) is 0 Å². The van der Waals surface area contributed by atoms with E-state index in [4.69, 9.17) is 4.74 Å². The molecule has 0 radical (unpaired) electrons. The number of ether oxygens (including phenoxy) is 1. The van der Waals surface area contributed by atoms with Gasteiger partial charge in [0.1, 0.15) is 11.4 Å². The van der Waals surface area contributed by atoms with Crippen molar-refractivity contribution >= 4 is 11.6 Å². The highest BCUT2D eigenvalue weighted by Gasteiger charge is 2.15. The van der Waals surface area contributed by atoms with Gasteiger partial charge in [-0.05, 0) is 61.9 Å². The van der Waals surface area contributed by atoms with Crippen molar-refractivity contribution in [1.29, 1.82) is 0 Å². The van der Waals surface area contributed by atoms with Crippen LogP contribution in [0.3, 0.4) is 0 Å². The lowest BCUT2D eigenvalue weighted by molar-refractivity contribution is 0.0949. The number of rotatable bonds is 4. The monoisotopic (exact) mass is 326 g/mol. The molecule has 1 fully saturated rings. The molecule has 6 nitrogen and oxygen atoms in total. The Balaban J connectivity index is 1.66. The molecular formula is C18H22N4O2. The minimum atomic E-state index is -0.270. The maximum absolute atomic E-state index is 12.2. The number of benzene rings is 1. The number of nitrogens with zero attached hydrogens (tertiary/aromatic N) is 2. The molecule has 0 spiro atoms. The predicted octanol–water partition coefficient (Wildman–Crippen LogP) is 3.38. The van der Waals surface area contributed by atoms with Gasteiger partial charge in [0.05, 0.1) is 12.8 Å². The Morgan fingerprint density at radius 2 is 2.17 bits per heavy atom. The lowest BCUT2D eigenvalue weighted by Gasteiger charge is -2.18. The second-order valence-corrected chi connectivity index (χ2v) is 6.22. The molecule has 1 saturated carbocycles. The van der Waals surface area contributed by atoms with E-state index in [1.54, 1.807) is 13.2 Å². The van der Waals surface area contributed by atoms with Crippen LogP contribution < -0.4 is 10.2 Å². The molecule has 3 rings (SSSR count). The molecule has 1 aliphatic rings. The van der Waals surface area contributed by atoms with Crippen molar-refractivity contribution in [3.05, 3.63) is 36.0 Å². The van der Waals surface area contributed by atoms with E-state index in [0.717, 1.165) is 36.3 Å². The highest BCUT2D eigenvalue weighted by molar-refractivity contribution is 5.94. The number of hydrogen-bond acceptors (Lipinski definition) is 4. The number of carbonyl (C=O) groups excluding carboxylic acids is 1. The summed E-state index contributed by atoms with van der Waals surface area (Å²) in [6, 6.07) is 9.25. The summed E-state index contributed by atoms with van der Waals surface area (Å²) in [7, 11) is 1.63. The molecule has 1 aromatic carbocycles. The van der Waals surface area contributed by atoms with Crippen molar-refractivity contribution in [3.63, 3.8) is 0 Å². The zero-order chi connectivity index (χ0) is 16.9. The lowest BCUT2D eigenvalue weighted by Crippen LogP contribution is -2.22. The first-order valence-corrected chi connectivity index (χ1v) is 8.21. The van der Waals surface area contributed by atoms with Gasteiger partial charge in [-0.3, -0.25) is 9.89 Å². The lowest BCUT2D eigenvalue weighted by atomic mass is 9.89. The molecular weight excluding hydrogens is 304 g/mol. The third-order valence-corrected chi connectivity index (χ3v) is 4.27. The van der Waals surface area contributed by atoms with Gasteiger partial charge in [0, 0.05) is 11.3 Å². The van der Waals surface area contributed by atoms with E-state index in [0.29, 0.717) is 17.3 Å². The summed E-state index contributed by atoms with van der Waals surface area (Å²) in [6.07, 6.45) is 4.30. The van der Waals surface area contributed by atoms with E-state index < -0.39 is 0 Å². The van der Waals surface area contributed by atoms with Crippen LogP contribution in [0, 0.1) is 5.92 Å². The maximum atomic E-state index is 12.2. The molecule has 24 heavy (non-hydrogen) atoms. The van der Waals surface area contributed by atoms with Crippen LogP contribution in [0.25, 0.3) is 11.3 Å². The zero-order valence-corrected chi connectivity index (χ0v) is 14.0. The number of nitrogens with one attached hydrogen (secondary N) is 2. The largest absolute Gasteiger partial charge is 0.497 e. The summed E-state index contributed by atoms with van der Waals surface area (Å²) in [6.45, 7) is 2.21. The van der Waals surface area contributed by atoms with Gasteiger partial charge in [0.15, 0.2) is 0 Å². The molecule has 1 aliphatic carbocycles. The number of aromatic nitrogens is 2. The third kappa shape index (κ3) is 3.82. The summed E-state index contributed by atoms with van der Waals surface area (Å²) in [5.41, 5.74) is 5.72. The van der Waals surface area contributed by atoms with Crippen molar-refractivity contribution in [2.24, 2.45) is 11.0 Å². The van der Waals surface area contributed by atoms with Gasteiger partial charge in [0.2, 0.25) is 0 Å². The first-order valence-electron chi connectivity index (χ1n) is 8.21. The van der Waals surface area contributed by atoms with E-state index in [-0.39, 0.29) is 5.91 Å². The summed E-state index contributed by atoms with van der Waals surface area (Å²) < 4.78 is 5.14. The van der Waals surface area contributed by atoms with Gasteiger partial charge in [-0.25, -0.2) is 5.43 Å². The second-order valence-electron chi connectivity index (χ2n) is 6.22. The molecule has 2 aromatic rings. The van der Waals surface area contributed by atoms with Crippen LogP contribution in [0.1, 0.15) is 43.1 Å². The fourth-order valence-electron chi connectivity index (χ4n) is 2.90. The number of aromatic amines is 1. The Bertz CT molecular complexity index is 734. The van der Waals surface area contributed by atoms with Gasteiger partial charge in [-0.15, -0.1) is 0 Å². The standard InChI is InChI=1S/C18H22N4O2/c1-12-4-3-5-14(10-12)19-22-18(23)17-11-16(20-21-17)13-6-8-15(24-2)9-7-13/h6-9,11-12H,3-5,10H2,1-2H3,(H,20,21)(H,22,23)/b19-14-. The summed E-state index contributed by atoms with van der Waals surface area (Å²) in [5, 5.41) is 11.2. The van der Waals surface area contributed by atoms with E-state index in [2.05, 4.69) is 27.6 Å². The van der Waals surface area contributed by atoms with Gasteiger partial charge in [-0.2, -0.15) is 10.2 Å². The van der Waals surface area contributed by atoms with Gasteiger partial charge < -0.3 is 4.74 Å². The SMILES string of the molecule is COc1ccc(-c2cc(C(=O)N/N=C3/CCCC(C)C3)[nH]n2)cc1. The summed E-state index contributed by atoms with van der Waals surface area (Å²) >= 11 is 0. The maximum Gasteiger partial charge on any atom is 0.289 e. The fourth-order valence-corrected chi connectivity index (χ4v) is 2.90. The highest BCUT2D eigenvalue weighted by Crippen LogP contribution is 2.22. The minimum Gasteiger partial charge on any atom is -0.497 e. The van der Waals surface area contributed by atoms with Crippen LogP contribution in [0.2, 0.25) is 0 Å². The molecule has 0 aliphatic heterocycles. The first-order chi connectivity index (χ1) is 11.7. The molecule has 1 amide bonds. The van der Waals surface area contributed by atoms with Crippen LogP contribution >= 0.6 is 0 Å². The van der Waals surface area contributed by atoms with Crippen LogP contribution in [0.15, 0.2) is 35.4 Å². The Hall–Kier alpha value is -2.63. The molecule has 126 valence electrons. The molecule has 1 atom stereocenters. The van der Waals surface area contributed by atoms with Crippen LogP contribution in [0.4, 0.5) is 0 Å². The summed E-state index contributed by atoms with van der Waals surface area (Å²) in [4.78, 5) is 12.2. The Morgan fingerprint density at radius 3 is 2.88 bits per heavy atom. The number of hydrogen-bond donors (Lipinski definition) is 2. The first kappa shape index (κ1) is 16.2. The Morgan fingerprint density at radius 1 is 1.38 bits per heavy atom. The van der Waals surface area contributed by atoms with E-state index >= 15 is 0 Å². The van der Waals surface area contributed by atoms with Crippen LogP contribution in [-0.4, -0.2) is 28.9 Å². The minimum absolute atomic E-state index is 0.270. The average Bonchev–Trinajstić information content (AvgIpc) is 3.10. The number of methoxy groups -OCH3 is 1. The van der Waals surface area contributed by atoms with Crippen LogP contribution in [0.5, 0.6) is 5.75 Å². The molecule has 1 heterocycles. The number of amides is 1. The molecule has 6 heteroatoms. The zero-order valence-electron chi connectivity index (χ0n) is 14.0. The van der Waals surface area contributed by atoms with E-state index in [1.807, 2.05) is 24.3 Å². The predicted molar refractivity (Wildman–Crippen MR) is 93.1 cm³/mol. The number of hydrazone groups is 1. The fraction of sp³-hybridized carbons (Fsp3) is 0.389. The molecule has 1 aromatic heterocycles. The highest BCUT2D eigenvalue weighted by atomic mass is 16.5. The topological polar surface area (TPSA) is 79.4 Å². The summed E-state index contributed by atoms with van der Waals surface area (Å²) in [5.74, 6) is 1.15. The van der Waals surface area contributed by atoms with Crippen molar-refractivity contribution in [3.8, 4) is 17.0 Å². The second kappa shape index (κ2) is 7.29. The quantitative estimate of drug-likeness (QED) is 0.845. The smallest absolute Gasteiger partial charge is 0.289 e. The van der Waals surface area contributed by atoms with E-state index in [9.17, 15) is 4.79 Å². The molecule has 1 unspecified atom stereocenters. The van der Waals surface area contributed by atoms with Gasteiger partial charge in [-0.1, -0.05) is 6.92 Å². The van der Waals surface area contributed by atoms with Crippen molar-refractivity contribution < 1.29 is 9.53 Å². The molecule has 2 N–H and O–H groups in total. The van der Waals surface area contributed by atoms with Crippen molar-refractivity contribution in [2.45, 2.75) is 32.6 Å². The number of H-pyrrole nitrogens is 1. The van der Waals surface area contributed by atoms with Gasteiger partial charge >= 0.3 is 0 Å². The van der Waals surface area contributed by atoms with Crippen molar-refractivity contribution in [1.82, 2.24) is 15.6 Å². The molecule has 0 bridgehead atoms. The van der Waals surface area contributed by atoms with Crippen molar-refractivity contribution in [2.75, 3.05) is 7.11 Å². The Kier molecular flexibility index (Phi) is 4.93. The average molecular weight is 326 g/mol. The third-order valence-electron chi connectivity index (χ3n) is 4.27. The molecule has 0 saturated heterocycles. The van der Waals surface area contributed by atoms with Gasteiger partial charge in [0.25, 0.3) is 5.91 Å². The number of carbonyl (C=O) groups is 1.